The molecular weight excluding hydrogens is 362 g/mol. The highest BCUT2D eigenvalue weighted by Gasteiger charge is 2.18. The number of nitrogens with zero attached hydrogens (tertiary/aromatic N) is 4. The number of aromatic nitrogens is 2. The number of rotatable bonds is 6. The molecule has 1 aromatic heterocycles. The molecule has 0 aliphatic heterocycles. The normalized spacial score (nSPS) is 10.2. The highest BCUT2D eigenvalue weighted by atomic mass is 32.2. The van der Waals surface area contributed by atoms with E-state index in [9.17, 15) is 15.4 Å². The second-order valence-electron chi connectivity index (χ2n) is 5.54. The SMILES string of the molecule is CSc1nc(NCc2ccccc2)c(C#N)c(-c2cccc([N+](=O)[O-])c2)n1. The Labute approximate surface area is 160 Å². The van der Waals surface area contributed by atoms with Crippen molar-refractivity contribution in [2.24, 2.45) is 0 Å². The zero-order valence-corrected chi connectivity index (χ0v) is 15.2. The van der Waals surface area contributed by atoms with Gasteiger partial charge in [0.1, 0.15) is 17.5 Å². The molecule has 0 saturated heterocycles. The van der Waals surface area contributed by atoms with Crippen molar-refractivity contribution in [2.75, 3.05) is 11.6 Å². The quantitative estimate of drug-likeness (QED) is 0.296. The van der Waals surface area contributed by atoms with Gasteiger partial charge in [-0.1, -0.05) is 54.2 Å². The Morgan fingerprint density at radius 1 is 1.19 bits per heavy atom. The molecule has 0 radical (unpaired) electrons. The summed E-state index contributed by atoms with van der Waals surface area (Å²) in [6.07, 6.45) is 1.83. The number of anilines is 1. The molecule has 27 heavy (non-hydrogen) atoms. The first-order valence-corrected chi connectivity index (χ1v) is 9.23. The lowest BCUT2D eigenvalue weighted by Gasteiger charge is -2.12. The van der Waals surface area contributed by atoms with E-state index in [1.54, 1.807) is 12.1 Å². The molecule has 0 atom stereocenters. The number of nitriles is 1. The largest absolute Gasteiger partial charge is 0.365 e. The first-order chi connectivity index (χ1) is 13.1. The maximum Gasteiger partial charge on any atom is 0.270 e. The first-order valence-electron chi connectivity index (χ1n) is 8.01. The van der Waals surface area contributed by atoms with Gasteiger partial charge in [-0.2, -0.15) is 5.26 Å². The van der Waals surface area contributed by atoms with Crippen LogP contribution in [0.3, 0.4) is 0 Å². The molecule has 3 rings (SSSR count). The summed E-state index contributed by atoms with van der Waals surface area (Å²) in [4.78, 5) is 19.4. The van der Waals surface area contributed by atoms with Crippen LogP contribution in [0.1, 0.15) is 11.1 Å². The van der Waals surface area contributed by atoms with E-state index in [1.165, 1.54) is 23.9 Å². The molecule has 1 N–H and O–H groups in total. The zero-order chi connectivity index (χ0) is 19.2. The second kappa shape index (κ2) is 8.29. The van der Waals surface area contributed by atoms with Gasteiger partial charge in [-0.15, -0.1) is 0 Å². The lowest BCUT2D eigenvalue weighted by Crippen LogP contribution is -2.07. The summed E-state index contributed by atoms with van der Waals surface area (Å²) >= 11 is 1.34. The number of nitro groups is 1. The fourth-order valence-electron chi connectivity index (χ4n) is 2.52. The Kier molecular flexibility index (Phi) is 5.64. The number of nitro benzene ring substituents is 1. The van der Waals surface area contributed by atoms with Crippen LogP contribution in [-0.2, 0) is 6.54 Å². The highest BCUT2D eigenvalue weighted by molar-refractivity contribution is 7.98. The molecule has 8 heteroatoms. The Morgan fingerprint density at radius 2 is 1.96 bits per heavy atom. The van der Waals surface area contributed by atoms with Crippen LogP contribution in [0.25, 0.3) is 11.3 Å². The molecule has 0 aliphatic rings. The molecule has 3 aromatic rings. The van der Waals surface area contributed by atoms with Crippen molar-refractivity contribution in [2.45, 2.75) is 11.7 Å². The summed E-state index contributed by atoms with van der Waals surface area (Å²) in [5.41, 5.74) is 2.11. The minimum Gasteiger partial charge on any atom is -0.365 e. The Bertz CT molecular complexity index is 1020. The van der Waals surface area contributed by atoms with Crippen LogP contribution in [-0.4, -0.2) is 21.1 Å². The molecule has 0 saturated carbocycles. The van der Waals surface area contributed by atoms with E-state index in [0.29, 0.717) is 28.8 Å². The zero-order valence-electron chi connectivity index (χ0n) is 14.4. The minimum absolute atomic E-state index is 0.0560. The van der Waals surface area contributed by atoms with E-state index in [2.05, 4.69) is 21.4 Å². The van der Waals surface area contributed by atoms with Crippen molar-refractivity contribution < 1.29 is 4.92 Å². The van der Waals surface area contributed by atoms with Crippen LogP contribution in [0.15, 0.2) is 59.8 Å². The summed E-state index contributed by atoms with van der Waals surface area (Å²) in [5, 5.41) is 24.4. The van der Waals surface area contributed by atoms with Gasteiger partial charge >= 0.3 is 0 Å². The number of hydrogen-bond donors (Lipinski definition) is 1. The second-order valence-corrected chi connectivity index (χ2v) is 6.31. The lowest BCUT2D eigenvalue weighted by atomic mass is 10.1. The standard InChI is InChI=1S/C19H15N5O2S/c1-27-19-22-17(14-8-5-9-15(10-14)24(25)26)16(11-20)18(23-19)21-12-13-6-3-2-4-7-13/h2-10H,12H2,1H3,(H,21,22,23). The minimum atomic E-state index is -0.471. The maximum absolute atomic E-state index is 11.1. The predicted molar refractivity (Wildman–Crippen MR) is 104 cm³/mol. The summed E-state index contributed by atoms with van der Waals surface area (Å²) in [6, 6.07) is 18.0. The van der Waals surface area contributed by atoms with Crippen LogP contribution < -0.4 is 5.32 Å². The summed E-state index contributed by atoms with van der Waals surface area (Å²) < 4.78 is 0. The van der Waals surface area contributed by atoms with E-state index in [-0.39, 0.29) is 11.3 Å². The molecule has 7 nitrogen and oxygen atoms in total. The number of nitrogens with one attached hydrogen (secondary N) is 1. The van der Waals surface area contributed by atoms with Crippen molar-refractivity contribution >= 4 is 23.3 Å². The maximum atomic E-state index is 11.1. The van der Waals surface area contributed by atoms with Crippen LogP contribution in [0.2, 0.25) is 0 Å². The number of thioether (sulfide) groups is 1. The van der Waals surface area contributed by atoms with E-state index in [0.717, 1.165) is 5.56 Å². The van der Waals surface area contributed by atoms with E-state index in [1.807, 2.05) is 36.6 Å². The lowest BCUT2D eigenvalue weighted by molar-refractivity contribution is -0.384. The molecule has 134 valence electrons. The topological polar surface area (TPSA) is 105 Å². The monoisotopic (exact) mass is 377 g/mol. The third kappa shape index (κ3) is 4.22. The van der Waals surface area contributed by atoms with Crippen molar-refractivity contribution in [3.8, 4) is 17.3 Å². The molecule has 1 heterocycles. The van der Waals surface area contributed by atoms with Gasteiger partial charge in [-0.05, 0) is 11.8 Å². The van der Waals surface area contributed by atoms with Crippen molar-refractivity contribution in [3.05, 3.63) is 75.8 Å². The van der Waals surface area contributed by atoms with Gasteiger partial charge in [-0.3, -0.25) is 10.1 Å². The van der Waals surface area contributed by atoms with Crippen molar-refractivity contribution in [3.63, 3.8) is 0 Å². The van der Waals surface area contributed by atoms with Crippen molar-refractivity contribution in [1.29, 1.82) is 5.26 Å². The summed E-state index contributed by atoms with van der Waals surface area (Å²) in [5.74, 6) is 0.405. The smallest absolute Gasteiger partial charge is 0.270 e. The van der Waals surface area contributed by atoms with Gasteiger partial charge in [-0.25, -0.2) is 9.97 Å². The van der Waals surface area contributed by atoms with Gasteiger partial charge in [0.25, 0.3) is 5.69 Å². The summed E-state index contributed by atoms with van der Waals surface area (Å²) in [7, 11) is 0. The fraction of sp³-hybridized carbons (Fsp3) is 0.105. The average Bonchev–Trinajstić information content (AvgIpc) is 2.72. The van der Waals surface area contributed by atoms with E-state index in [4.69, 9.17) is 0 Å². The van der Waals surface area contributed by atoms with Crippen LogP contribution in [0, 0.1) is 21.4 Å². The molecule has 0 amide bonds. The molecule has 0 spiro atoms. The summed E-state index contributed by atoms with van der Waals surface area (Å²) in [6.45, 7) is 0.495. The third-order valence-corrected chi connectivity index (χ3v) is 4.36. The number of non-ortho nitro benzene ring substituents is 1. The Balaban J connectivity index is 2.05. The van der Waals surface area contributed by atoms with Gasteiger partial charge < -0.3 is 5.32 Å². The van der Waals surface area contributed by atoms with Crippen molar-refractivity contribution in [1.82, 2.24) is 9.97 Å². The molecule has 0 aliphatic carbocycles. The van der Waals surface area contributed by atoms with Crippen LogP contribution in [0.4, 0.5) is 11.5 Å². The first kappa shape index (κ1) is 18.4. The van der Waals surface area contributed by atoms with Gasteiger partial charge in [0.15, 0.2) is 5.16 Å². The molecule has 2 aromatic carbocycles. The van der Waals surface area contributed by atoms with Gasteiger partial charge in [0, 0.05) is 24.2 Å². The molecule has 0 fully saturated rings. The average molecular weight is 377 g/mol. The Hall–Kier alpha value is -3.44. The third-order valence-electron chi connectivity index (χ3n) is 3.82. The fourth-order valence-corrected chi connectivity index (χ4v) is 2.89. The molecular formula is C19H15N5O2S. The van der Waals surface area contributed by atoms with Gasteiger partial charge in [0.05, 0.1) is 10.6 Å². The Morgan fingerprint density at radius 3 is 2.63 bits per heavy atom. The van der Waals surface area contributed by atoms with E-state index < -0.39 is 4.92 Å². The highest BCUT2D eigenvalue weighted by Crippen LogP contribution is 2.30. The van der Waals surface area contributed by atoms with E-state index >= 15 is 0 Å². The molecule has 0 unspecified atom stereocenters. The van der Waals surface area contributed by atoms with Crippen LogP contribution in [0.5, 0.6) is 0 Å². The number of benzene rings is 2. The molecule has 0 bridgehead atoms. The van der Waals surface area contributed by atoms with Gasteiger partial charge in [0.2, 0.25) is 0 Å². The predicted octanol–water partition coefficient (Wildman–Crippen LogP) is 4.26. The van der Waals surface area contributed by atoms with Crippen LogP contribution >= 0.6 is 11.8 Å². The number of hydrogen-bond acceptors (Lipinski definition) is 7.